The maximum atomic E-state index is 12.8. The van der Waals surface area contributed by atoms with E-state index in [2.05, 4.69) is 10.6 Å². The van der Waals surface area contributed by atoms with E-state index in [1.807, 2.05) is 19.1 Å². The van der Waals surface area contributed by atoms with Crippen LogP contribution in [0.4, 0.5) is 11.4 Å². The molecule has 3 aromatic rings. The van der Waals surface area contributed by atoms with Crippen molar-refractivity contribution in [2.24, 2.45) is 0 Å². The van der Waals surface area contributed by atoms with E-state index in [1.165, 1.54) is 33.1 Å². The second kappa shape index (κ2) is 12.0. The average Bonchev–Trinajstić information content (AvgIpc) is 2.89. The molecule has 3 aromatic carbocycles. The van der Waals surface area contributed by atoms with Gasteiger partial charge in [-0.1, -0.05) is 6.07 Å². The number of hydrogen-bond acceptors (Lipinski definition) is 7. The molecule has 0 aliphatic heterocycles. The number of hydrogen-bond donors (Lipinski definition) is 2. The highest BCUT2D eigenvalue weighted by Crippen LogP contribution is 2.32. The molecule has 9 heteroatoms. The Morgan fingerprint density at radius 1 is 0.771 bits per heavy atom. The summed E-state index contributed by atoms with van der Waals surface area (Å²) in [5.74, 6) is 1.48. The van der Waals surface area contributed by atoms with Crippen molar-refractivity contribution in [3.05, 3.63) is 66.2 Å². The number of ether oxygens (including phenoxy) is 4. The van der Waals surface area contributed by atoms with E-state index in [1.54, 1.807) is 55.6 Å². The first-order chi connectivity index (χ1) is 16.9. The number of benzene rings is 3. The summed E-state index contributed by atoms with van der Waals surface area (Å²) in [5, 5.41) is 5.37. The van der Waals surface area contributed by atoms with E-state index in [0.717, 1.165) is 4.90 Å². The van der Waals surface area contributed by atoms with Gasteiger partial charge in [0.25, 0.3) is 5.91 Å². The molecule has 0 aliphatic rings. The van der Waals surface area contributed by atoms with Crippen LogP contribution in [0.2, 0.25) is 0 Å². The van der Waals surface area contributed by atoms with E-state index in [9.17, 15) is 9.59 Å². The fraction of sp³-hybridized carbons (Fsp3) is 0.231. The van der Waals surface area contributed by atoms with Crippen LogP contribution in [0.5, 0.6) is 23.0 Å². The quantitative estimate of drug-likeness (QED) is 0.378. The third kappa shape index (κ3) is 6.39. The van der Waals surface area contributed by atoms with Crippen LogP contribution in [0.25, 0.3) is 0 Å². The number of nitrogens with one attached hydrogen (secondary N) is 2. The molecule has 3 rings (SSSR count). The minimum absolute atomic E-state index is 0.167. The summed E-state index contributed by atoms with van der Waals surface area (Å²) in [4.78, 5) is 26.5. The molecule has 0 saturated heterocycles. The zero-order valence-corrected chi connectivity index (χ0v) is 21.0. The van der Waals surface area contributed by atoms with Crippen LogP contribution in [0.3, 0.4) is 0 Å². The Bertz CT molecular complexity index is 1160. The molecular weight excluding hydrogens is 468 g/mol. The summed E-state index contributed by atoms with van der Waals surface area (Å²) < 4.78 is 21.1. The molecule has 1 unspecified atom stereocenters. The van der Waals surface area contributed by atoms with Crippen LogP contribution >= 0.6 is 11.8 Å². The summed E-state index contributed by atoms with van der Waals surface area (Å²) in [6.45, 7) is 1.82. The number of anilines is 2. The van der Waals surface area contributed by atoms with Crippen molar-refractivity contribution in [1.29, 1.82) is 0 Å². The molecule has 1 atom stereocenters. The summed E-state index contributed by atoms with van der Waals surface area (Å²) >= 11 is 1.40. The van der Waals surface area contributed by atoms with Crippen LogP contribution in [-0.4, -0.2) is 45.5 Å². The Labute approximate surface area is 208 Å². The Morgan fingerprint density at radius 3 is 1.97 bits per heavy atom. The van der Waals surface area contributed by atoms with Crippen LogP contribution in [-0.2, 0) is 4.79 Å². The highest BCUT2D eigenvalue weighted by atomic mass is 32.2. The largest absolute Gasteiger partial charge is 0.497 e. The van der Waals surface area contributed by atoms with Crippen LogP contribution in [0, 0.1) is 0 Å². The first-order valence-electron chi connectivity index (χ1n) is 10.7. The lowest BCUT2D eigenvalue weighted by Gasteiger charge is -2.15. The lowest BCUT2D eigenvalue weighted by molar-refractivity contribution is -0.115. The third-order valence-corrected chi connectivity index (χ3v) is 6.23. The van der Waals surface area contributed by atoms with Crippen molar-refractivity contribution >= 4 is 35.0 Å². The van der Waals surface area contributed by atoms with Crippen LogP contribution in [0.15, 0.2) is 65.6 Å². The molecule has 0 radical (unpaired) electrons. The molecule has 0 heterocycles. The van der Waals surface area contributed by atoms with Gasteiger partial charge in [-0.2, -0.15) is 0 Å². The molecular formula is C26H28N2O6S. The Morgan fingerprint density at radius 2 is 1.40 bits per heavy atom. The van der Waals surface area contributed by atoms with E-state index >= 15 is 0 Å². The molecule has 8 nitrogen and oxygen atoms in total. The van der Waals surface area contributed by atoms with Gasteiger partial charge >= 0.3 is 0 Å². The van der Waals surface area contributed by atoms with E-state index in [0.29, 0.717) is 39.9 Å². The fourth-order valence-electron chi connectivity index (χ4n) is 3.28. The van der Waals surface area contributed by atoms with Crippen LogP contribution in [0.1, 0.15) is 17.3 Å². The summed E-state index contributed by atoms with van der Waals surface area (Å²) in [7, 11) is 6.10. The zero-order chi connectivity index (χ0) is 25.4. The minimum Gasteiger partial charge on any atom is -0.497 e. The molecule has 0 spiro atoms. The van der Waals surface area contributed by atoms with Gasteiger partial charge in [0, 0.05) is 16.6 Å². The number of carbonyl (C=O) groups excluding carboxylic acids is 2. The van der Waals surface area contributed by atoms with E-state index in [-0.39, 0.29) is 17.1 Å². The Kier molecular flexibility index (Phi) is 8.86. The van der Waals surface area contributed by atoms with Gasteiger partial charge in [0.2, 0.25) is 5.91 Å². The summed E-state index contributed by atoms with van der Waals surface area (Å²) in [5.41, 5.74) is 1.48. The predicted octanol–water partition coefficient (Wildman–Crippen LogP) is 5.09. The molecule has 2 amide bonds. The SMILES string of the molecule is COc1ccc(NC(=O)C(C)Sc2ccc(NC(=O)c3c(OC)cccc3OC)cc2)c(OC)c1. The number of methoxy groups -OCH3 is 4. The number of rotatable bonds is 10. The van der Waals surface area contributed by atoms with Crippen molar-refractivity contribution in [3.8, 4) is 23.0 Å². The lowest BCUT2D eigenvalue weighted by atomic mass is 10.1. The van der Waals surface area contributed by atoms with Crippen molar-refractivity contribution < 1.29 is 28.5 Å². The molecule has 0 fully saturated rings. The van der Waals surface area contributed by atoms with Gasteiger partial charge in [-0.3, -0.25) is 9.59 Å². The van der Waals surface area contributed by atoms with E-state index < -0.39 is 0 Å². The first kappa shape index (κ1) is 25.8. The zero-order valence-electron chi connectivity index (χ0n) is 20.2. The highest BCUT2D eigenvalue weighted by molar-refractivity contribution is 8.00. The van der Waals surface area contributed by atoms with Gasteiger partial charge < -0.3 is 29.6 Å². The molecule has 0 aromatic heterocycles. The van der Waals surface area contributed by atoms with Crippen molar-refractivity contribution in [3.63, 3.8) is 0 Å². The fourth-order valence-corrected chi connectivity index (χ4v) is 4.15. The predicted molar refractivity (Wildman–Crippen MR) is 137 cm³/mol. The van der Waals surface area contributed by atoms with Crippen molar-refractivity contribution in [2.45, 2.75) is 17.1 Å². The molecule has 35 heavy (non-hydrogen) atoms. The highest BCUT2D eigenvalue weighted by Gasteiger charge is 2.19. The Balaban J connectivity index is 1.63. The van der Waals surface area contributed by atoms with Crippen molar-refractivity contribution in [1.82, 2.24) is 0 Å². The first-order valence-corrected chi connectivity index (χ1v) is 11.6. The maximum absolute atomic E-state index is 12.8. The maximum Gasteiger partial charge on any atom is 0.263 e. The second-order valence-corrected chi connectivity index (χ2v) is 8.75. The normalized spacial score (nSPS) is 11.2. The van der Waals surface area contributed by atoms with Crippen LogP contribution < -0.4 is 29.6 Å². The van der Waals surface area contributed by atoms with Gasteiger partial charge in [0.05, 0.1) is 39.4 Å². The second-order valence-electron chi connectivity index (χ2n) is 7.33. The van der Waals surface area contributed by atoms with Gasteiger partial charge in [0.15, 0.2) is 0 Å². The molecule has 0 bridgehead atoms. The standard InChI is InChI=1S/C26H28N2O6S/c1-16(25(29)28-20-14-11-18(31-2)15-23(20)34-5)35-19-12-9-17(10-13-19)27-26(30)24-21(32-3)7-6-8-22(24)33-4/h6-16H,1-5H3,(H,27,30)(H,28,29). The molecule has 0 saturated carbocycles. The van der Waals surface area contributed by atoms with Gasteiger partial charge in [-0.05, 0) is 55.5 Å². The number of carbonyl (C=O) groups is 2. The van der Waals surface area contributed by atoms with Gasteiger partial charge in [-0.25, -0.2) is 0 Å². The summed E-state index contributed by atoms with van der Waals surface area (Å²) in [6, 6.07) is 17.6. The van der Waals surface area contributed by atoms with Gasteiger partial charge in [-0.15, -0.1) is 11.8 Å². The molecule has 2 N–H and O–H groups in total. The average molecular weight is 497 g/mol. The monoisotopic (exact) mass is 496 g/mol. The summed E-state index contributed by atoms with van der Waals surface area (Å²) in [6.07, 6.45) is 0. The number of thioether (sulfide) groups is 1. The smallest absolute Gasteiger partial charge is 0.263 e. The third-order valence-electron chi connectivity index (χ3n) is 5.12. The number of amides is 2. The molecule has 184 valence electrons. The topological polar surface area (TPSA) is 95.1 Å². The lowest BCUT2D eigenvalue weighted by Crippen LogP contribution is -2.22. The van der Waals surface area contributed by atoms with Gasteiger partial charge in [0.1, 0.15) is 28.6 Å². The Hall–Kier alpha value is -3.85. The minimum atomic E-state index is -0.375. The van der Waals surface area contributed by atoms with E-state index in [4.69, 9.17) is 18.9 Å². The van der Waals surface area contributed by atoms with Crippen molar-refractivity contribution in [2.75, 3.05) is 39.1 Å². The molecule has 0 aliphatic carbocycles.